The SMILES string of the molecule is CCO.NC(=O)CCCCCCC/C=C\CCCCCCCCCCO. The second-order valence-corrected chi connectivity index (χ2v) is 6.90. The standard InChI is InChI=1S/C20H39NO2.C2H6O/c21-20(23)18-16-14-12-10-8-6-4-2-1-3-5-7-9-11-13-15-17-19-22;1-2-3/h2,4,22H,1,3,5-19H2,(H2,21,23);3H,2H2,1H3/b4-2-;. The molecule has 0 spiro atoms. The van der Waals surface area contributed by atoms with Gasteiger partial charge in [0.2, 0.25) is 5.91 Å². The third-order valence-corrected chi connectivity index (χ3v) is 4.24. The maximum atomic E-state index is 10.6. The Hall–Kier alpha value is -0.870. The van der Waals surface area contributed by atoms with Crippen LogP contribution in [-0.2, 0) is 4.79 Å². The van der Waals surface area contributed by atoms with Crippen molar-refractivity contribution < 1.29 is 15.0 Å². The van der Waals surface area contributed by atoms with Gasteiger partial charge >= 0.3 is 0 Å². The van der Waals surface area contributed by atoms with Crippen molar-refractivity contribution in [3.63, 3.8) is 0 Å². The Balaban J connectivity index is 0. The molecule has 26 heavy (non-hydrogen) atoms. The van der Waals surface area contributed by atoms with E-state index in [0.29, 0.717) is 13.0 Å². The molecule has 0 heterocycles. The van der Waals surface area contributed by atoms with Gasteiger partial charge in [0.05, 0.1) is 0 Å². The topological polar surface area (TPSA) is 83.5 Å². The average molecular weight is 372 g/mol. The van der Waals surface area contributed by atoms with Crippen molar-refractivity contribution in [2.45, 2.75) is 110 Å². The molecule has 0 aromatic heterocycles. The van der Waals surface area contributed by atoms with E-state index in [1.54, 1.807) is 6.92 Å². The molecule has 0 rings (SSSR count). The van der Waals surface area contributed by atoms with Crippen LogP contribution >= 0.6 is 0 Å². The normalized spacial score (nSPS) is 10.7. The summed E-state index contributed by atoms with van der Waals surface area (Å²) in [6.07, 6.45) is 23.6. The summed E-state index contributed by atoms with van der Waals surface area (Å²) in [5, 5.41) is 16.3. The molecular formula is C22H45NO3. The molecule has 0 saturated heterocycles. The van der Waals surface area contributed by atoms with Crippen LogP contribution in [0.3, 0.4) is 0 Å². The fourth-order valence-corrected chi connectivity index (χ4v) is 2.76. The Morgan fingerprint density at radius 3 is 1.42 bits per heavy atom. The van der Waals surface area contributed by atoms with E-state index in [0.717, 1.165) is 19.3 Å². The number of amides is 1. The van der Waals surface area contributed by atoms with Crippen LogP contribution in [0.2, 0.25) is 0 Å². The third kappa shape index (κ3) is 31.0. The Morgan fingerprint density at radius 1 is 0.692 bits per heavy atom. The van der Waals surface area contributed by atoms with Crippen LogP contribution in [0.15, 0.2) is 12.2 Å². The number of hydrogen-bond donors (Lipinski definition) is 3. The number of nitrogens with two attached hydrogens (primary N) is 1. The number of rotatable bonds is 18. The summed E-state index contributed by atoms with van der Waals surface area (Å²) in [5.41, 5.74) is 5.11. The van der Waals surface area contributed by atoms with Gasteiger partial charge in [-0.1, -0.05) is 69.9 Å². The molecule has 0 bridgehead atoms. The molecule has 0 radical (unpaired) electrons. The summed E-state index contributed by atoms with van der Waals surface area (Å²) in [5.74, 6) is -0.172. The number of primary amides is 1. The molecule has 0 fully saturated rings. The van der Waals surface area contributed by atoms with Crippen molar-refractivity contribution in [2.75, 3.05) is 13.2 Å². The lowest BCUT2D eigenvalue weighted by molar-refractivity contribution is -0.118. The second-order valence-electron chi connectivity index (χ2n) is 6.90. The van der Waals surface area contributed by atoms with Gasteiger partial charge in [-0.2, -0.15) is 0 Å². The summed E-state index contributed by atoms with van der Waals surface area (Å²) in [6.45, 7) is 2.28. The minimum absolute atomic E-state index is 0.172. The van der Waals surface area contributed by atoms with Crippen molar-refractivity contribution in [1.82, 2.24) is 0 Å². The summed E-state index contributed by atoms with van der Waals surface area (Å²) >= 11 is 0. The van der Waals surface area contributed by atoms with E-state index in [9.17, 15) is 4.79 Å². The van der Waals surface area contributed by atoms with Crippen molar-refractivity contribution in [1.29, 1.82) is 0 Å². The van der Waals surface area contributed by atoms with Crippen LogP contribution in [0.25, 0.3) is 0 Å². The zero-order chi connectivity index (χ0) is 19.7. The van der Waals surface area contributed by atoms with Gasteiger partial charge in [0, 0.05) is 19.6 Å². The minimum Gasteiger partial charge on any atom is -0.397 e. The summed E-state index contributed by atoms with van der Waals surface area (Å²) in [7, 11) is 0. The maximum Gasteiger partial charge on any atom is 0.217 e. The van der Waals surface area contributed by atoms with Crippen LogP contribution in [0, 0.1) is 0 Å². The number of aliphatic hydroxyl groups excluding tert-OH is 2. The van der Waals surface area contributed by atoms with Crippen molar-refractivity contribution >= 4 is 5.91 Å². The highest BCUT2D eigenvalue weighted by atomic mass is 16.3. The highest BCUT2D eigenvalue weighted by Gasteiger charge is 1.94. The zero-order valence-corrected chi connectivity index (χ0v) is 17.3. The van der Waals surface area contributed by atoms with Crippen LogP contribution < -0.4 is 5.73 Å². The lowest BCUT2D eigenvalue weighted by atomic mass is 10.1. The number of allylic oxidation sites excluding steroid dienone is 2. The van der Waals surface area contributed by atoms with Gasteiger partial charge in [0.25, 0.3) is 0 Å². The van der Waals surface area contributed by atoms with Gasteiger partial charge < -0.3 is 15.9 Å². The number of carbonyl (C=O) groups excluding carboxylic acids is 1. The Labute approximate surface area is 162 Å². The average Bonchev–Trinajstić information content (AvgIpc) is 2.61. The molecule has 1 amide bonds. The molecule has 4 N–H and O–H groups in total. The molecule has 0 aliphatic carbocycles. The molecule has 156 valence electrons. The molecule has 4 nitrogen and oxygen atoms in total. The van der Waals surface area contributed by atoms with Gasteiger partial charge in [0.1, 0.15) is 0 Å². The van der Waals surface area contributed by atoms with E-state index >= 15 is 0 Å². The van der Waals surface area contributed by atoms with Gasteiger partial charge in [-0.3, -0.25) is 4.79 Å². The van der Waals surface area contributed by atoms with E-state index in [4.69, 9.17) is 15.9 Å². The minimum atomic E-state index is -0.172. The van der Waals surface area contributed by atoms with E-state index in [-0.39, 0.29) is 12.5 Å². The summed E-state index contributed by atoms with van der Waals surface area (Å²) in [6, 6.07) is 0. The van der Waals surface area contributed by atoms with Gasteiger partial charge in [-0.05, 0) is 45.4 Å². The lowest BCUT2D eigenvalue weighted by Crippen LogP contribution is -2.09. The summed E-state index contributed by atoms with van der Waals surface area (Å²) < 4.78 is 0. The van der Waals surface area contributed by atoms with E-state index in [2.05, 4.69) is 12.2 Å². The zero-order valence-electron chi connectivity index (χ0n) is 17.3. The molecule has 0 aromatic rings. The number of aliphatic hydroxyl groups is 2. The van der Waals surface area contributed by atoms with Gasteiger partial charge in [-0.15, -0.1) is 0 Å². The van der Waals surface area contributed by atoms with E-state index < -0.39 is 0 Å². The Morgan fingerprint density at radius 2 is 1.04 bits per heavy atom. The third-order valence-electron chi connectivity index (χ3n) is 4.24. The Kier molecular flexibility index (Phi) is 27.7. The van der Waals surface area contributed by atoms with E-state index in [1.807, 2.05) is 0 Å². The Bertz CT molecular complexity index is 293. The highest BCUT2D eigenvalue weighted by molar-refractivity contribution is 5.73. The van der Waals surface area contributed by atoms with Crippen molar-refractivity contribution in [3.8, 4) is 0 Å². The maximum absolute atomic E-state index is 10.6. The van der Waals surface area contributed by atoms with Crippen molar-refractivity contribution in [3.05, 3.63) is 12.2 Å². The molecule has 0 aliphatic heterocycles. The molecule has 0 aromatic carbocycles. The predicted octanol–water partition coefficient (Wildman–Crippen LogP) is 5.26. The molecule has 4 heteroatoms. The molecule has 0 atom stereocenters. The van der Waals surface area contributed by atoms with Crippen LogP contribution in [0.4, 0.5) is 0 Å². The molecule has 0 saturated carbocycles. The monoisotopic (exact) mass is 371 g/mol. The first-order valence-corrected chi connectivity index (χ1v) is 10.8. The predicted molar refractivity (Wildman–Crippen MR) is 112 cm³/mol. The van der Waals surface area contributed by atoms with Crippen molar-refractivity contribution in [2.24, 2.45) is 5.73 Å². The van der Waals surface area contributed by atoms with Gasteiger partial charge in [0.15, 0.2) is 0 Å². The fourth-order valence-electron chi connectivity index (χ4n) is 2.76. The lowest BCUT2D eigenvalue weighted by Gasteiger charge is -2.00. The van der Waals surface area contributed by atoms with Crippen LogP contribution in [0.5, 0.6) is 0 Å². The number of carbonyl (C=O) groups is 1. The largest absolute Gasteiger partial charge is 0.397 e. The first kappa shape index (κ1) is 27.3. The number of unbranched alkanes of at least 4 members (excludes halogenated alkanes) is 13. The van der Waals surface area contributed by atoms with Gasteiger partial charge in [-0.25, -0.2) is 0 Å². The summed E-state index contributed by atoms with van der Waals surface area (Å²) in [4.78, 5) is 10.6. The van der Waals surface area contributed by atoms with Crippen LogP contribution in [0.1, 0.15) is 110 Å². The van der Waals surface area contributed by atoms with Crippen LogP contribution in [-0.4, -0.2) is 29.3 Å². The molecule has 0 aliphatic rings. The quantitative estimate of drug-likeness (QED) is 0.227. The smallest absolute Gasteiger partial charge is 0.217 e. The second kappa shape index (κ2) is 26.4. The number of hydrogen-bond acceptors (Lipinski definition) is 3. The molecule has 0 unspecified atom stereocenters. The first-order valence-electron chi connectivity index (χ1n) is 10.8. The first-order chi connectivity index (χ1) is 12.7. The fraction of sp³-hybridized carbons (Fsp3) is 0.864. The van der Waals surface area contributed by atoms with E-state index in [1.165, 1.54) is 77.0 Å². The molecular weight excluding hydrogens is 326 g/mol. The highest BCUT2D eigenvalue weighted by Crippen LogP contribution is 2.11.